The minimum Gasteiger partial charge on any atom is -0.311 e. The molecule has 1 nitrogen and oxygen atoms in total. The molecule has 2 aliphatic rings. The predicted octanol–water partition coefficient (Wildman–Crippen LogP) is 4.38. The Morgan fingerprint density at radius 2 is 2.28 bits per heavy atom. The Labute approximate surface area is 112 Å². The molecule has 0 aromatic carbocycles. The van der Waals surface area contributed by atoms with E-state index in [0.717, 1.165) is 13.0 Å². The van der Waals surface area contributed by atoms with Crippen LogP contribution in [0.15, 0.2) is 36.5 Å². The van der Waals surface area contributed by atoms with Gasteiger partial charge < -0.3 is 5.32 Å². The summed E-state index contributed by atoms with van der Waals surface area (Å²) in [6.07, 6.45) is 16.3. The number of allylic oxidation sites excluding steroid dienone is 4. The number of hydrogen-bond donors (Lipinski definition) is 1. The van der Waals surface area contributed by atoms with Crippen LogP contribution in [0.2, 0.25) is 0 Å². The normalized spacial score (nSPS) is 35.6. The third kappa shape index (κ3) is 2.95. The summed E-state index contributed by atoms with van der Waals surface area (Å²) in [5, 5.41) is 3.80. The smallest absolute Gasteiger partial charge is 0.0190 e. The predicted molar refractivity (Wildman–Crippen MR) is 79.6 cm³/mol. The van der Waals surface area contributed by atoms with Crippen molar-refractivity contribution >= 4 is 0 Å². The van der Waals surface area contributed by atoms with Gasteiger partial charge >= 0.3 is 0 Å². The van der Waals surface area contributed by atoms with Crippen LogP contribution in [0, 0.1) is 5.41 Å². The van der Waals surface area contributed by atoms with Crippen LogP contribution in [-0.4, -0.2) is 12.1 Å². The van der Waals surface area contributed by atoms with Gasteiger partial charge in [-0.3, -0.25) is 0 Å². The van der Waals surface area contributed by atoms with E-state index in [1.54, 1.807) is 5.57 Å². The van der Waals surface area contributed by atoms with Gasteiger partial charge in [-0.1, -0.05) is 36.8 Å². The average molecular weight is 245 g/mol. The first-order valence-corrected chi connectivity index (χ1v) is 7.30. The van der Waals surface area contributed by atoms with E-state index < -0.39 is 0 Å². The van der Waals surface area contributed by atoms with Gasteiger partial charge in [0.2, 0.25) is 0 Å². The summed E-state index contributed by atoms with van der Waals surface area (Å²) in [5.41, 5.74) is 2.33. The first-order chi connectivity index (χ1) is 8.58. The number of rotatable bonds is 4. The molecule has 1 aliphatic carbocycles. The molecule has 1 heteroatoms. The third-order valence-electron chi connectivity index (χ3n) is 4.72. The lowest BCUT2D eigenvalue weighted by Crippen LogP contribution is -2.41. The van der Waals surface area contributed by atoms with Crippen LogP contribution >= 0.6 is 0 Å². The number of fused-ring (bicyclic) bond motifs is 1. The molecule has 0 saturated carbocycles. The zero-order chi connectivity index (χ0) is 13.1. The zero-order valence-corrected chi connectivity index (χ0v) is 12.0. The summed E-state index contributed by atoms with van der Waals surface area (Å²) in [5.74, 6) is 0. The van der Waals surface area contributed by atoms with E-state index in [0.29, 0.717) is 5.41 Å². The molecule has 0 aromatic heterocycles. The Balaban J connectivity index is 2.09. The summed E-state index contributed by atoms with van der Waals surface area (Å²) in [4.78, 5) is 0. The molecule has 1 saturated heterocycles. The number of unbranched alkanes of at least 4 members (excludes halogenated alkanes) is 1. The lowest BCUT2D eigenvalue weighted by Gasteiger charge is -2.35. The lowest BCUT2D eigenvalue weighted by atomic mass is 9.71. The van der Waals surface area contributed by atoms with Gasteiger partial charge in [-0.05, 0) is 57.4 Å². The lowest BCUT2D eigenvalue weighted by molar-refractivity contribution is 0.333. The highest BCUT2D eigenvalue weighted by atomic mass is 15.0. The second-order valence-electron chi connectivity index (χ2n) is 6.48. The van der Waals surface area contributed by atoms with Crippen molar-refractivity contribution in [3.05, 3.63) is 36.5 Å². The van der Waals surface area contributed by atoms with Crippen LogP contribution in [0.1, 0.15) is 52.4 Å². The van der Waals surface area contributed by atoms with Crippen molar-refractivity contribution in [2.75, 3.05) is 6.54 Å². The van der Waals surface area contributed by atoms with E-state index in [2.05, 4.69) is 44.0 Å². The van der Waals surface area contributed by atoms with Crippen molar-refractivity contribution in [2.24, 2.45) is 5.41 Å². The summed E-state index contributed by atoms with van der Waals surface area (Å²) < 4.78 is 0. The fourth-order valence-electron chi connectivity index (χ4n) is 3.32. The molecule has 1 fully saturated rings. The summed E-state index contributed by atoms with van der Waals surface area (Å²) in [6.45, 7) is 9.79. The van der Waals surface area contributed by atoms with Gasteiger partial charge in [-0.25, -0.2) is 0 Å². The molecule has 0 aromatic rings. The van der Waals surface area contributed by atoms with E-state index in [9.17, 15) is 0 Å². The van der Waals surface area contributed by atoms with E-state index in [4.69, 9.17) is 0 Å². The van der Waals surface area contributed by atoms with Crippen molar-refractivity contribution in [3.63, 3.8) is 0 Å². The van der Waals surface area contributed by atoms with Crippen molar-refractivity contribution in [3.8, 4) is 0 Å². The highest BCUT2D eigenvalue weighted by Crippen LogP contribution is 2.44. The van der Waals surface area contributed by atoms with Gasteiger partial charge in [0, 0.05) is 5.54 Å². The molecular formula is C17H27N. The van der Waals surface area contributed by atoms with Gasteiger partial charge in [0.25, 0.3) is 0 Å². The van der Waals surface area contributed by atoms with Gasteiger partial charge in [-0.15, -0.1) is 6.58 Å². The first kappa shape index (κ1) is 13.6. The Kier molecular flexibility index (Phi) is 4.11. The molecule has 2 unspecified atom stereocenters. The standard InChI is InChI=1S/C17H27N/c1-4-5-7-11-17(3)14-15-9-6-8-10-16(15,2)12-13-18-17/h4,6,8-9,18H,1,5,7,10-14H2,2-3H3. The van der Waals surface area contributed by atoms with Crippen LogP contribution in [0.25, 0.3) is 0 Å². The van der Waals surface area contributed by atoms with E-state index in [1.807, 2.05) is 6.08 Å². The summed E-state index contributed by atoms with van der Waals surface area (Å²) in [7, 11) is 0. The van der Waals surface area contributed by atoms with Crippen molar-refractivity contribution in [2.45, 2.75) is 57.9 Å². The highest BCUT2D eigenvalue weighted by Gasteiger charge is 2.37. The molecular weight excluding hydrogens is 218 g/mol. The highest BCUT2D eigenvalue weighted by molar-refractivity contribution is 5.28. The average Bonchev–Trinajstić information content (AvgIpc) is 2.45. The SMILES string of the molecule is C=CCCCC1(C)CC2=CC=CCC2(C)CCN1. The van der Waals surface area contributed by atoms with E-state index >= 15 is 0 Å². The van der Waals surface area contributed by atoms with Crippen molar-refractivity contribution in [1.82, 2.24) is 5.32 Å². The number of hydrogen-bond acceptors (Lipinski definition) is 1. The summed E-state index contributed by atoms with van der Waals surface area (Å²) >= 11 is 0. The monoisotopic (exact) mass is 245 g/mol. The topological polar surface area (TPSA) is 12.0 Å². The van der Waals surface area contributed by atoms with Crippen LogP contribution < -0.4 is 5.32 Å². The van der Waals surface area contributed by atoms with Gasteiger partial charge in [0.15, 0.2) is 0 Å². The van der Waals surface area contributed by atoms with Gasteiger partial charge in [-0.2, -0.15) is 0 Å². The molecule has 0 bridgehead atoms. The Morgan fingerprint density at radius 3 is 3.06 bits per heavy atom. The molecule has 1 aliphatic heterocycles. The maximum absolute atomic E-state index is 3.82. The summed E-state index contributed by atoms with van der Waals surface area (Å²) in [6, 6.07) is 0. The Morgan fingerprint density at radius 1 is 1.44 bits per heavy atom. The van der Waals surface area contributed by atoms with Crippen LogP contribution in [0.5, 0.6) is 0 Å². The largest absolute Gasteiger partial charge is 0.311 e. The van der Waals surface area contributed by atoms with Gasteiger partial charge in [0.1, 0.15) is 0 Å². The third-order valence-corrected chi connectivity index (χ3v) is 4.72. The molecule has 100 valence electrons. The Hall–Kier alpha value is -0.820. The molecule has 2 atom stereocenters. The van der Waals surface area contributed by atoms with E-state index in [-0.39, 0.29) is 5.54 Å². The second-order valence-corrected chi connectivity index (χ2v) is 6.48. The Bertz CT molecular complexity index is 366. The first-order valence-electron chi connectivity index (χ1n) is 7.30. The molecule has 0 amide bonds. The number of nitrogens with one attached hydrogen (secondary N) is 1. The second kappa shape index (κ2) is 5.44. The molecule has 1 N–H and O–H groups in total. The fraction of sp³-hybridized carbons (Fsp3) is 0.647. The minimum atomic E-state index is 0.276. The van der Waals surface area contributed by atoms with Crippen LogP contribution in [0.4, 0.5) is 0 Å². The minimum absolute atomic E-state index is 0.276. The van der Waals surface area contributed by atoms with E-state index in [1.165, 1.54) is 32.1 Å². The zero-order valence-electron chi connectivity index (χ0n) is 12.0. The van der Waals surface area contributed by atoms with Crippen molar-refractivity contribution < 1.29 is 0 Å². The molecule has 18 heavy (non-hydrogen) atoms. The van der Waals surface area contributed by atoms with Crippen molar-refractivity contribution in [1.29, 1.82) is 0 Å². The maximum atomic E-state index is 3.82. The molecule has 1 heterocycles. The molecule has 2 rings (SSSR count). The van der Waals surface area contributed by atoms with Crippen LogP contribution in [-0.2, 0) is 0 Å². The van der Waals surface area contributed by atoms with Gasteiger partial charge in [0.05, 0.1) is 0 Å². The molecule has 0 radical (unpaired) electrons. The molecule has 0 spiro atoms. The quantitative estimate of drug-likeness (QED) is 0.572. The fourth-order valence-corrected chi connectivity index (χ4v) is 3.32. The van der Waals surface area contributed by atoms with Crippen LogP contribution in [0.3, 0.4) is 0 Å². The maximum Gasteiger partial charge on any atom is 0.0190 e.